The summed E-state index contributed by atoms with van der Waals surface area (Å²) in [5, 5.41) is 0. The molecule has 2 aromatic carbocycles. The van der Waals surface area contributed by atoms with Gasteiger partial charge in [0.1, 0.15) is 5.82 Å². The average molecular weight is 474 g/mol. The Kier molecular flexibility index (Phi) is 8.57. The number of aryl methyl sites for hydroxylation is 1. The van der Waals surface area contributed by atoms with Crippen LogP contribution in [0, 0.1) is 12.7 Å². The molecule has 0 N–H and O–H groups in total. The van der Waals surface area contributed by atoms with Crippen LogP contribution in [0.4, 0.5) is 4.39 Å². The Hall–Kier alpha value is -1.32. The van der Waals surface area contributed by atoms with Crippen molar-refractivity contribution in [2.24, 2.45) is 0 Å². The highest BCUT2D eigenvalue weighted by molar-refractivity contribution is 9.10. The van der Waals surface area contributed by atoms with Crippen LogP contribution in [0.25, 0.3) is 0 Å². The molecule has 0 bridgehead atoms. The number of benzene rings is 2. The third-order valence-corrected chi connectivity index (χ3v) is 6.40. The quantitative estimate of drug-likeness (QED) is 0.477. The lowest BCUT2D eigenvalue weighted by atomic mass is 10.2. The Balaban J connectivity index is 2.40. The number of hydrogen-bond donors (Lipinski definition) is 0. The molecule has 0 unspecified atom stereocenters. The molecule has 0 amide bonds. The first kappa shape index (κ1) is 23.0. The first-order valence-electron chi connectivity index (χ1n) is 9.01. The number of hydrogen-bond acceptors (Lipinski definition) is 4. The van der Waals surface area contributed by atoms with E-state index >= 15 is 0 Å². The maximum atomic E-state index is 14.4. The molecular formula is C20H25BrFNO4S. The number of ether oxygens (including phenoxy) is 2. The van der Waals surface area contributed by atoms with Gasteiger partial charge in [-0.2, -0.15) is 4.31 Å². The SMILES string of the molecule is CCOC(CN(Cc1ccc(Br)cc1F)S(=O)(=O)c1ccc(C)cc1)OCC. The summed E-state index contributed by atoms with van der Waals surface area (Å²) < 4.78 is 53.7. The fourth-order valence-corrected chi connectivity index (χ4v) is 4.38. The average Bonchev–Trinajstić information content (AvgIpc) is 2.64. The zero-order chi connectivity index (χ0) is 20.7. The standard InChI is InChI=1S/C20H25BrFNO4S/c1-4-26-20(27-5-2)14-23(13-16-8-9-17(21)12-19(16)22)28(24,25)18-10-6-15(3)7-11-18/h6-12,20H,4-5,13-14H2,1-3H3. The molecule has 2 rings (SSSR count). The van der Waals surface area contributed by atoms with Crippen molar-refractivity contribution in [2.75, 3.05) is 19.8 Å². The molecule has 0 aromatic heterocycles. The molecule has 0 heterocycles. The molecule has 5 nitrogen and oxygen atoms in total. The first-order chi connectivity index (χ1) is 13.3. The molecule has 0 saturated heterocycles. The van der Waals surface area contributed by atoms with E-state index in [0.717, 1.165) is 5.56 Å². The monoisotopic (exact) mass is 473 g/mol. The van der Waals surface area contributed by atoms with Crippen LogP contribution in [-0.2, 0) is 26.0 Å². The molecule has 0 spiro atoms. The van der Waals surface area contributed by atoms with Crippen molar-refractivity contribution in [3.05, 3.63) is 63.9 Å². The lowest BCUT2D eigenvalue weighted by Gasteiger charge is -2.27. The fraction of sp³-hybridized carbons (Fsp3) is 0.400. The van der Waals surface area contributed by atoms with E-state index in [4.69, 9.17) is 9.47 Å². The van der Waals surface area contributed by atoms with Crippen LogP contribution in [0.3, 0.4) is 0 Å². The lowest BCUT2D eigenvalue weighted by Crippen LogP contribution is -2.39. The van der Waals surface area contributed by atoms with Crippen molar-refractivity contribution in [3.8, 4) is 0 Å². The van der Waals surface area contributed by atoms with Gasteiger partial charge in [0.05, 0.1) is 11.4 Å². The summed E-state index contributed by atoms with van der Waals surface area (Å²) in [4.78, 5) is 0.141. The minimum absolute atomic E-state index is 0.0482. The number of nitrogens with zero attached hydrogens (tertiary/aromatic N) is 1. The van der Waals surface area contributed by atoms with E-state index in [9.17, 15) is 12.8 Å². The van der Waals surface area contributed by atoms with Crippen molar-refractivity contribution in [3.63, 3.8) is 0 Å². The van der Waals surface area contributed by atoms with Gasteiger partial charge in [-0.3, -0.25) is 0 Å². The van der Waals surface area contributed by atoms with E-state index in [-0.39, 0.29) is 23.5 Å². The van der Waals surface area contributed by atoms with E-state index in [1.807, 2.05) is 6.92 Å². The summed E-state index contributed by atoms with van der Waals surface area (Å²) in [6.45, 7) is 6.05. The van der Waals surface area contributed by atoms with Crippen LogP contribution in [0.5, 0.6) is 0 Å². The Morgan fingerprint density at radius 2 is 1.68 bits per heavy atom. The second-order valence-corrected chi connectivity index (χ2v) is 9.04. The van der Waals surface area contributed by atoms with E-state index in [2.05, 4.69) is 15.9 Å². The number of halogens is 2. The van der Waals surface area contributed by atoms with Gasteiger partial charge < -0.3 is 9.47 Å². The molecule has 8 heteroatoms. The molecule has 28 heavy (non-hydrogen) atoms. The minimum Gasteiger partial charge on any atom is -0.352 e. The van der Waals surface area contributed by atoms with Crippen molar-refractivity contribution in [1.82, 2.24) is 4.31 Å². The Bertz CT molecular complexity index is 868. The van der Waals surface area contributed by atoms with Gasteiger partial charge in [-0.25, -0.2) is 12.8 Å². The molecule has 0 aliphatic carbocycles. The van der Waals surface area contributed by atoms with Crippen molar-refractivity contribution < 1.29 is 22.3 Å². The molecule has 0 aliphatic heterocycles. The molecule has 0 atom stereocenters. The Labute approximate surface area is 174 Å². The van der Waals surface area contributed by atoms with Crippen molar-refractivity contribution in [1.29, 1.82) is 0 Å². The zero-order valence-electron chi connectivity index (χ0n) is 16.2. The normalized spacial score (nSPS) is 12.1. The predicted molar refractivity (Wildman–Crippen MR) is 110 cm³/mol. The van der Waals surface area contributed by atoms with Gasteiger partial charge in [0, 0.05) is 29.8 Å². The van der Waals surface area contributed by atoms with E-state index < -0.39 is 22.1 Å². The Morgan fingerprint density at radius 3 is 2.21 bits per heavy atom. The van der Waals surface area contributed by atoms with Gasteiger partial charge in [-0.1, -0.05) is 39.7 Å². The van der Waals surface area contributed by atoms with Crippen LogP contribution in [-0.4, -0.2) is 38.8 Å². The van der Waals surface area contributed by atoms with Crippen molar-refractivity contribution in [2.45, 2.75) is 38.5 Å². The molecule has 0 radical (unpaired) electrons. The predicted octanol–water partition coefficient (Wildman–Crippen LogP) is 4.49. The maximum Gasteiger partial charge on any atom is 0.243 e. The Morgan fingerprint density at radius 1 is 1.07 bits per heavy atom. The van der Waals surface area contributed by atoms with Crippen LogP contribution in [0.2, 0.25) is 0 Å². The minimum atomic E-state index is -3.88. The fourth-order valence-electron chi connectivity index (χ4n) is 2.64. The highest BCUT2D eigenvalue weighted by atomic mass is 79.9. The summed E-state index contributed by atoms with van der Waals surface area (Å²) in [6.07, 6.45) is -0.742. The molecule has 0 aliphatic rings. The first-order valence-corrected chi connectivity index (χ1v) is 11.2. The molecular weight excluding hydrogens is 449 g/mol. The summed E-state index contributed by atoms with van der Waals surface area (Å²) >= 11 is 3.21. The highest BCUT2D eigenvalue weighted by Gasteiger charge is 2.29. The van der Waals surface area contributed by atoms with Gasteiger partial charge in [0.15, 0.2) is 6.29 Å². The summed E-state index contributed by atoms with van der Waals surface area (Å²) in [5.74, 6) is -0.483. The van der Waals surface area contributed by atoms with Crippen LogP contribution < -0.4 is 0 Å². The lowest BCUT2D eigenvalue weighted by molar-refractivity contribution is -0.141. The highest BCUT2D eigenvalue weighted by Crippen LogP contribution is 2.23. The topological polar surface area (TPSA) is 55.8 Å². The van der Waals surface area contributed by atoms with E-state index in [0.29, 0.717) is 17.7 Å². The van der Waals surface area contributed by atoms with Crippen LogP contribution in [0.1, 0.15) is 25.0 Å². The molecule has 154 valence electrons. The second-order valence-electron chi connectivity index (χ2n) is 6.19. The van der Waals surface area contributed by atoms with Crippen LogP contribution >= 0.6 is 15.9 Å². The van der Waals surface area contributed by atoms with Gasteiger partial charge in [0.2, 0.25) is 10.0 Å². The number of sulfonamides is 1. The van der Waals surface area contributed by atoms with E-state index in [1.165, 1.54) is 10.4 Å². The summed E-state index contributed by atoms with van der Waals surface area (Å²) in [6, 6.07) is 11.1. The largest absolute Gasteiger partial charge is 0.352 e. The van der Waals surface area contributed by atoms with Gasteiger partial charge in [-0.15, -0.1) is 0 Å². The van der Waals surface area contributed by atoms with Crippen molar-refractivity contribution >= 4 is 26.0 Å². The summed E-state index contributed by atoms with van der Waals surface area (Å²) in [7, 11) is -3.88. The zero-order valence-corrected chi connectivity index (χ0v) is 18.6. The molecule has 0 fully saturated rings. The van der Waals surface area contributed by atoms with Gasteiger partial charge >= 0.3 is 0 Å². The van der Waals surface area contributed by atoms with Gasteiger partial charge in [0.25, 0.3) is 0 Å². The van der Waals surface area contributed by atoms with E-state index in [1.54, 1.807) is 50.2 Å². The third kappa shape index (κ3) is 6.09. The van der Waals surface area contributed by atoms with Gasteiger partial charge in [-0.05, 0) is 45.0 Å². The molecule has 2 aromatic rings. The third-order valence-electron chi connectivity index (χ3n) is 4.08. The number of rotatable bonds is 10. The smallest absolute Gasteiger partial charge is 0.243 e. The van der Waals surface area contributed by atoms with Crippen LogP contribution in [0.15, 0.2) is 51.8 Å². The molecule has 0 saturated carbocycles. The maximum absolute atomic E-state index is 14.4. The summed E-state index contributed by atoms with van der Waals surface area (Å²) in [5.41, 5.74) is 1.22. The second kappa shape index (κ2) is 10.5.